The maximum absolute atomic E-state index is 12.4. The van der Waals surface area contributed by atoms with Crippen molar-refractivity contribution in [1.82, 2.24) is 5.43 Å². The Labute approximate surface area is 227 Å². The van der Waals surface area contributed by atoms with Gasteiger partial charge in [-0.15, -0.1) is 0 Å². The third-order valence-electron chi connectivity index (χ3n) is 5.55. The summed E-state index contributed by atoms with van der Waals surface area (Å²) in [7, 11) is 0. The van der Waals surface area contributed by atoms with Crippen molar-refractivity contribution in [2.75, 3.05) is 6.61 Å². The van der Waals surface area contributed by atoms with E-state index in [4.69, 9.17) is 9.47 Å². The van der Waals surface area contributed by atoms with Crippen LogP contribution in [0.15, 0.2) is 82.4 Å². The molecule has 1 amide bonds. The summed E-state index contributed by atoms with van der Waals surface area (Å²) in [5.41, 5.74) is 4.88. The SMILES string of the molecule is CC(C)(C)CC(C)(C)c1ccc(OCC(=O)NN=Cc2cc(Br)ccc2OC(=O)c2ccccc2)cc1. The molecule has 0 saturated heterocycles. The summed E-state index contributed by atoms with van der Waals surface area (Å²) in [6, 6.07) is 21.7. The Balaban J connectivity index is 1.55. The summed E-state index contributed by atoms with van der Waals surface area (Å²) < 4.78 is 11.9. The van der Waals surface area contributed by atoms with Crippen molar-refractivity contribution in [2.45, 2.75) is 46.5 Å². The van der Waals surface area contributed by atoms with Crippen molar-refractivity contribution in [3.8, 4) is 11.5 Å². The van der Waals surface area contributed by atoms with Gasteiger partial charge in [-0.1, -0.05) is 80.9 Å². The van der Waals surface area contributed by atoms with Gasteiger partial charge in [0.1, 0.15) is 11.5 Å². The second-order valence-electron chi connectivity index (χ2n) is 10.7. The van der Waals surface area contributed by atoms with Crippen molar-refractivity contribution in [1.29, 1.82) is 0 Å². The monoisotopic (exact) mass is 564 g/mol. The predicted octanol–water partition coefficient (Wildman–Crippen LogP) is 6.91. The van der Waals surface area contributed by atoms with Crippen LogP contribution in [0.2, 0.25) is 0 Å². The summed E-state index contributed by atoms with van der Waals surface area (Å²) in [6.07, 6.45) is 2.47. The van der Waals surface area contributed by atoms with Gasteiger partial charge in [0.2, 0.25) is 0 Å². The number of rotatable bonds is 9. The van der Waals surface area contributed by atoms with Crippen LogP contribution in [-0.4, -0.2) is 24.7 Å². The number of nitrogens with zero attached hydrogens (tertiary/aromatic N) is 1. The molecule has 3 aromatic rings. The molecule has 0 bridgehead atoms. The number of esters is 1. The first-order valence-electron chi connectivity index (χ1n) is 12.0. The Morgan fingerprint density at radius 2 is 1.62 bits per heavy atom. The number of carbonyl (C=O) groups is 2. The number of hydrogen-bond acceptors (Lipinski definition) is 5. The number of hydrogen-bond donors (Lipinski definition) is 1. The molecule has 0 unspecified atom stereocenters. The molecule has 0 aromatic heterocycles. The van der Waals surface area contributed by atoms with Crippen molar-refractivity contribution in [2.24, 2.45) is 10.5 Å². The van der Waals surface area contributed by atoms with Gasteiger partial charge in [-0.25, -0.2) is 10.2 Å². The molecule has 3 aromatic carbocycles. The average Bonchev–Trinajstić information content (AvgIpc) is 2.83. The van der Waals surface area contributed by atoms with Crippen LogP contribution in [-0.2, 0) is 10.2 Å². The lowest BCUT2D eigenvalue weighted by atomic mass is 9.72. The van der Waals surface area contributed by atoms with Gasteiger partial charge in [-0.05, 0) is 65.3 Å². The number of hydrazone groups is 1. The lowest BCUT2D eigenvalue weighted by Gasteiger charge is -2.33. The van der Waals surface area contributed by atoms with Crippen LogP contribution >= 0.6 is 15.9 Å². The van der Waals surface area contributed by atoms with E-state index in [1.165, 1.54) is 11.8 Å². The van der Waals surface area contributed by atoms with Gasteiger partial charge < -0.3 is 9.47 Å². The zero-order chi connectivity index (χ0) is 27.1. The third kappa shape index (κ3) is 8.86. The molecule has 1 N–H and O–H groups in total. The molecule has 0 aliphatic rings. The molecular formula is C30H33BrN2O4. The summed E-state index contributed by atoms with van der Waals surface area (Å²) in [5.74, 6) is 0.0337. The summed E-state index contributed by atoms with van der Waals surface area (Å²) in [5, 5.41) is 4.00. The zero-order valence-corrected chi connectivity index (χ0v) is 23.5. The van der Waals surface area contributed by atoms with Crippen molar-refractivity contribution in [3.05, 3.63) is 94.0 Å². The van der Waals surface area contributed by atoms with E-state index < -0.39 is 11.9 Å². The minimum atomic E-state index is -0.483. The molecular weight excluding hydrogens is 532 g/mol. The summed E-state index contributed by atoms with van der Waals surface area (Å²) in [4.78, 5) is 24.7. The smallest absolute Gasteiger partial charge is 0.343 e. The Hall–Kier alpha value is -3.45. The van der Waals surface area contributed by atoms with Crippen LogP contribution in [0.5, 0.6) is 11.5 Å². The van der Waals surface area contributed by atoms with Gasteiger partial charge in [0.15, 0.2) is 6.61 Å². The van der Waals surface area contributed by atoms with Crippen LogP contribution in [0, 0.1) is 5.41 Å². The molecule has 0 fully saturated rings. The summed E-state index contributed by atoms with van der Waals surface area (Å²) >= 11 is 3.40. The number of nitrogens with one attached hydrogen (secondary N) is 1. The molecule has 0 aliphatic heterocycles. The van der Waals surface area contributed by atoms with Crippen LogP contribution in [0.1, 0.15) is 62.5 Å². The number of benzene rings is 3. The second kappa shape index (κ2) is 12.2. The van der Waals surface area contributed by atoms with E-state index in [1.54, 1.807) is 42.5 Å². The van der Waals surface area contributed by atoms with E-state index in [0.29, 0.717) is 22.6 Å². The minimum Gasteiger partial charge on any atom is -0.484 e. The molecule has 0 spiro atoms. The fraction of sp³-hybridized carbons (Fsp3) is 0.300. The quantitative estimate of drug-likeness (QED) is 0.132. The largest absolute Gasteiger partial charge is 0.484 e. The fourth-order valence-electron chi connectivity index (χ4n) is 4.23. The highest BCUT2D eigenvalue weighted by atomic mass is 79.9. The van der Waals surface area contributed by atoms with E-state index in [0.717, 1.165) is 10.9 Å². The minimum absolute atomic E-state index is 0.0313. The molecule has 0 radical (unpaired) electrons. The van der Waals surface area contributed by atoms with Crippen molar-refractivity contribution < 1.29 is 19.1 Å². The Kier molecular flexibility index (Phi) is 9.27. The van der Waals surface area contributed by atoms with Crippen molar-refractivity contribution in [3.63, 3.8) is 0 Å². The van der Waals surface area contributed by atoms with Crippen LogP contribution in [0.4, 0.5) is 0 Å². The molecule has 37 heavy (non-hydrogen) atoms. The van der Waals surface area contributed by atoms with Gasteiger partial charge in [0.05, 0.1) is 11.8 Å². The second-order valence-corrected chi connectivity index (χ2v) is 11.6. The standard InChI is InChI=1S/C30H33BrN2O4/c1-29(2,3)20-30(4,5)23-11-14-25(15-12-23)36-19-27(34)33-32-18-22-17-24(31)13-16-26(22)37-28(35)21-9-7-6-8-10-21/h6-18H,19-20H2,1-5H3,(H,33,34). The number of ether oxygens (including phenoxy) is 2. The van der Waals surface area contributed by atoms with E-state index in [2.05, 4.69) is 61.1 Å². The van der Waals surface area contributed by atoms with E-state index >= 15 is 0 Å². The van der Waals surface area contributed by atoms with E-state index in [9.17, 15) is 9.59 Å². The van der Waals surface area contributed by atoms with E-state index in [1.807, 2.05) is 30.3 Å². The maximum Gasteiger partial charge on any atom is 0.343 e. The van der Waals surface area contributed by atoms with Gasteiger partial charge >= 0.3 is 5.97 Å². The van der Waals surface area contributed by atoms with Gasteiger partial charge in [0, 0.05) is 10.0 Å². The lowest BCUT2D eigenvalue weighted by Crippen LogP contribution is -2.25. The third-order valence-corrected chi connectivity index (χ3v) is 6.05. The highest BCUT2D eigenvalue weighted by Gasteiger charge is 2.27. The Morgan fingerprint density at radius 1 is 0.946 bits per heavy atom. The van der Waals surface area contributed by atoms with Crippen LogP contribution < -0.4 is 14.9 Å². The topological polar surface area (TPSA) is 77.0 Å². The molecule has 7 heteroatoms. The average molecular weight is 566 g/mol. The molecule has 0 atom stereocenters. The number of amides is 1. The number of carbonyl (C=O) groups excluding carboxylic acids is 2. The zero-order valence-electron chi connectivity index (χ0n) is 21.9. The Morgan fingerprint density at radius 3 is 2.27 bits per heavy atom. The first-order chi connectivity index (χ1) is 17.4. The lowest BCUT2D eigenvalue weighted by molar-refractivity contribution is -0.123. The first kappa shape index (κ1) is 28.1. The van der Waals surface area contributed by atoms with Crippen LogP contribution in [0.3, 0.4) is 0 Å². The van der Waals surface area contributed by atoms with Crippen molar-refractivity contribution >= 4 is 34.0 Å². The van der Waals surface area contributed by atoms with Gasteiger partial charge in [-0.2, -0.15) is 5.10 Å². The molecule has 3 rings (SSSR count). The first-order valence-corrected chi connectivity index (χ1v) is 12.8. The highest BCUT2D eigenvalue weighted by Crippen LogP contribution is 2.36. The fourth-order valence-corrected chi connectivity index (χ4v) is 4.61. The Bertz CT molecular complexity index is 1250. The van der Waals surface area contributed by atoms with E-state index in [-0.39, 0.29) is 17.4 Å². The van der Waals surface area contributed by atoms with Gasteiger partial charge in [-0.3, -0.25) is 4.79 Å². The molecule has 194 valence electrons. The molecule has 0 saturated carbocycles. The van der Waals surface area contributed by atoms with Gasteiger partial charge in [0.25, 0.3) is 5.91 Å². The predicted molar refractivity (Wildman–Crippen MR) is 150 cm³/mol. The van der Waals surface area contributed by atoms with Crippen LogP contribution in [0.25, 0.3) is 0 Å². The highest BCUT2D eigenvalue weighted by molar-refractivity contribution is 9.10. The molecule has 0 heterocycles. The molecule has 6 nitrogen and oxygen atoms in total. The summed E-state index contributed by atoms with van der Waals surface area (Å²) in [6.45, 7) is 11.0. The maximum atomic E-state index is 12.4. The normalized spacial score (nSPS) is 11.8. The number of halogens is 1. The molecule has 0 aliphatic carbocycles.